The van der Waals surface area contributed by atoms with E-state index in [0.29, 0.717) is 42.8 Å². The van der Waals surface area contributed by atoms with E-state index in [1.807, 2.05) is 4.90 Å². The van der Waals surface area contributed by atoms with Gasteiger partial charge in [-0.05, 0) is 43.0 Å². The van der Waals surface area contributed by atoms with Crippen LogP contribution in [0.2, 0.25) is 0 Å². The number of benzene rings is 1. The fourth-order valence-corrected chi connectivity index (χ4v) is 3.21. The third-order valence-electron chi connectivity index (χ3n) is 4.76. The molecule has 1 fully saturated rings. The van der Waals surface area contributed by atoms with Gasteiger partial charge in [0.1, 0.15) is 17.1 Å². The summed E-state index contributed by atoms with van der Waals surface area (Å²) in [6, 6.07) is 9.20. The van der Waals surface area contributed by atoms with E-state index in [0.717, 1.165) is 19.1 Å². The van der Waals surface area contributed by atoms with E-state index in [1.165, 1.54) is 0 Å². The molecule has 0 unspecified atom stereocenters. The van der Waals surface area contributed by atoms with Gasteiger partial charge in [-0.1, -0.05) is 0 Å². The van der Waals surface area contributed by atoms with E-state index in [2.05, 4.69) is 21.4 Å². The van der Waals surface area contributed by atoms with Crippen molar-refractivity contribution in [2.75, 3.05) is 29.0 Å². The Bertz CT molecular complexity index is 911. The largest absolute Gasteiger partial charge is 0.399 e. The molecule has 1 saturated heterocycles. The van der Waals surface area contributed by atoms with Crippen LogP contribution >= 0.6 is 0 Å². The molecule has 2 heterocycles. The molecular weight excluding hydrogens is 356 g/mol. The molecule has 0 spiro atoms. The topological polar surface area (TPSA) is 158 Å². The van der Waals surface area contributed by atoms with Gasteiger partial charge in [0.05, 0.1) is 6.07 Å². The van der Waals surface area contributed by atoms with Gasteiger partial charge in [0.15, 0.2) is 0 Å². The third kappa shape index (κ3) is 4.17. The van der Waals surface area contributed by atoms with Crippen LogP contribution in [0.1, 0.15) is 35.3 Å². The summed E-state index contributed by atoms with van der Waals surface area (Å²) >= 11 is 0. The number of nitrogens with zero attached hydrogens (tertiary/aromatic N) is 4. The summed E-state index contributed by atoms with van der Waals surface area (Å²) in [6.07, 6.45) is 3.29. The minimum Gasteiger partial charge on any atom is -0.399 e. The van der Waals surface area contributed by atoms with Crippen LogP contribution in [0.25, 0.3) is 0 Å². The molecule has 0 bridgehead atoms. The van der Waals surface area contributed by atoms with Crippen LogP contribution in [0.5, 0.6) is 0 Å². The summed E-state index contributed by atoms with van der Waals surface area (Å²) in [5.41, 5.74) is 12.8. The van der Waals surface area contributed by atoms with Gasteiger partial charge < -0.3 is 27.1 Å². The number of piperidine rings is 1. The molecule has 0 aliphatic carbocycles. The maximum absolute atomic E-state index is 12.0. The second-order valence-corrected chi connectivity index (χ2v) is 6.68. The zero-order chi connectivity index (χ0) is 20.1. The van der Waals surface area contributed by atoms with Gasteiger partial charge in [-0.25, -0.2) is 4.98 Å². The number of amides is 1. The van der Waals surface area contributed by atoms with E-state index in [-0.39, 0.29) is 17.1 Å². The Balaban J connectivity index is 1.94. The van der Waals surface area contributed by atoms with Crippen molar-refractivity contribution in [3.63, 3.8) is 0 Å². The molecular formula is C19H22N8O. The monoisotopic (exact) mass is 378 g/mol. The lowest BCUT2D eigenvalue weighted by molar-refractivity contribution is 0.100. The van der Waals surface area contributed by atoms with E-state index in [1.54, 1.807) is 24.3 Å². The Kier molecular flexibility index (Phi) is 5.69. The number of carbonyl (C=O) groups excluding carboxylic acids is 1. The molecule has 9 heteroatoms. The van der Waals surface area contributed by atoms with Crippen molar-refractivity contribution in [2.24, 2.45) is 11.7 Å². The van der Waals surface area contributed by atoms with Gasteiger partial charge in [0.25, 0.3) is 5.91 Å². The summed E-state index contributed by atoms with van der Waals surface area (Å²) in [5, 5.41) is 19.6. The number of nitrogens with one attached hydrogen (secondary N) is 2. The van der Waals surface area contributed by atoms with Gasteiger partial charge in [-0.3, -0.25) is 4.79 Å². The van der Waals surface area contributed by atoms with Crippen molar-refractivity contribution in [3.05, 3.63) is 35.5 Å². The van der Waals surface area contributed by atoms with E-state index < -0.39 is 5.91 Å². The highest BCUT2D eigenvalue weighted by molar-refractivity contribution is 6.04. The Morgan fingerprint density at radius 3 is 2.57 bits per heavy atom. The Morgan fingerprint density at radius 1 is 1.32 bits per heavy atom. The molecule has 1 aliphatic rings. The molecule has 1 amide bonds. The molecule has 3 rings (SSSR count). The molecule has 0 atom stereocenters. The molecule has 2 aromatic rings. The lowest BCUT2D eigenvalue weighted by Gasteiger charge is -2.31. The summed E-state index contributed by atoms with van der Waals surface area (Å²) in [5.74, 6) is 0.341. The average molecular weight is 378 g/mol. The zero-order valence-corrected chi connectivity index (χ0v) is 15.4. The number of aromatic nitrogens is 2. The Hall–Kier alpha value is -3.67. The number of primary amides is 1. The van der Waals surface area contributed by atoms with Crippen LogP contribution in [0.15, 0.2) is 24.3 Å². The number of nitrogens with two attached hydrogens (primary N) is 2. The molecule has 1 aromatic carbocycles. The lowest BCUT2D eigenvalue weighted by atomic mass is 9.94. The van der Waals surface area contributed by atoms with Crippen LogP contribution in [0, 0.1) is 22.7 Å². The summed E-state index contributed by atoms with van der Waals surface area (Å²) in [6.45, 7) is 1.42. The second-order valence-electron chi connectivity index (χ2n) is 6.68. The van der Waals surface area contributed by atoms with Crippen LogP contribution in [-0.2, 0) is 0 Å². The van der Waals surface area contributed by atoms with Gasteiger partial charge in [-0.2, -0.15) is 10.2 Å². The van der Waals surface area contributed by atoms with Crippen LogP contribution in [-0.4, -0.2) is 35.2 Å². The molecule has 6 N–H and O–H groups in total. The Morgan fingerprint density at radius 2 is 2.00 bits per heavy atom. The third-order valence-corrected chi connectivity index (χ3v) is 4.76. The summed E-state index contributed by atoms with van der Waals surface area (Å²) in [7, 11) is 0. The standard InChI is InChI=1S/C19H22N8O/c20-8-5-12-6-9-27(10-7-12)19-25-15(11-21)16(17(23)28)18(26-19)24-14-3-1-13(22)2-4-14/h1-4,11-12,21H,5-7,9-10,22H2,(H2,23,28)(H,24,25,26). The smallest absolute Gasteiger partial charge is 0.254 e. The van der Waals surface area contributed by atoms with Crippen molar-refractivity contribution >= 4 is 35.3 Å². The van der Waals surface area contributed by atoms with Gasteiger partial charge in [0.2, 0.25) is 5.95 Å². The summed E-state index contributed by atoms with van der Waals surface area (Å²) in [4.78, 5) is 22.9. The van der Waals surface area contributed by atoms with Gasteiger partial charge >= 0.3 is 0 Å². The van der Waals surface area contributed by atoms with E-state index in [9.17, 15) is 4.79 Å². The lowest BCUT2D eigenvalue weighted by Crippen LogP contribution is -2.35. The first-order valence-electron chi connectivity index (χ1n) is 8.98. The minimum atomic E-state index is -0.712. The predicted molar refractivity (Wildman–Crippen MR) is 108 cm³/mol. The minimum absolute atomic E-state index is 0.0648. The zero-order valence-electron chi connectivity index (χ0n) is 15.4. The highest BCUT2D eigenvalue weighted by Gasteiger charge is 2.24. The predicted octanol–water partition coefficient (Wildman–Crippen LogP) is 2.03. The van der Waals surface area contributed by atoms with Crippen molar-refractivity contribution in [3.8, 4) is 6.07 Å². The van der Waals surface area contributed by atoms with Crippen LogP contribution in [0.4, 0.5) is 23.1 Å². The second kappa shape index (κ2) is 8.35. The first-order valence-corrected chi connectivity index (χ1v) is 8.98. The van der Waals surface area contributed by atoms with Crippen LogP contribution < -0.4 is 21.7 Å². The highest BCUT2D eigenvalue weighted by Crippen LogP contribution is 2.27. The molecule has 0 radical (unpaired) electrons. The number of hydrogen-bond acceptors (Lipinski definition) is 8. The quantitative estimate of drug-likeness (QED) is 0.442. The van der Waals surface area contributed by atoms with E-state index >= 15 is 0 Å². The number of carbonyl (C=O) groups is 1. The number of rotatable bonds is 6. The maximum atomic E-state index is 12.0. The van der Waals surface area contributed by atoms with Crippen molar-refractivity contribution in [1.82, 2.24) is 9.97 Å². The fraction of sp³-hybridized carbons (Fsp3) is 0.316. The molecule has 9 nitrogen and oxygen atoms in total. The Labute approximate surface area is 162 Å². The van der Waals surface area contributed by atoms with E-state index in [4.69, 9.17) is 22.1 Å². The first kappa shape index (κ1) is 19.1. The highest BCUT2D eigenvalue weighted by atomic mass is 16.1. The molecule has 144 valence electrons. The maximum Gasteiger partial charge on any atom is 0.254 e. The van der Waals surface area contributed by atoms with Crippen molar-refractivity contribution in [1.29, 1.82) is 10.7 Å². The van der Waals surface area contributed by atoms with Gasteiger partial charge in [0, 0.05) is 37.1 Å². The number of nitriles is 1. The molecule has 1 aromatic heterocycles. The normalized spacial score (nSPS) is 14.3. The average Bonchev–Trinajstić information content (AvgIpc) is 2.69. The van der Waals surface area contributed by atoms with Gasteiger partial charge in [-0.15, -0.1) is 0 Å². The SMILES string of the molecule is N#CCC1CCN(c2nc(C=N)c(C(N)=O)c(Nc3ccc(N)cc3)n2)CC1. The van der Waals surface area contributed by atoms with Crippen molar-refractivity contribution in [2.45, 2.75) is 19.3 Å². The number of nitrogen functional groups attached to an aromatic ring is 1. The molecule has 0 saturated carbocycles. The molecule has 28 heavy (non-hydrogen) atoms. The number of hydrogen-bond donors (Lipinski definition) is 4. The van der Waals surface area contributed by atoms with Crippen LogP contribution in [0.3, 0.4) is 0 Å². The number of anilines is 4. The molecule has 1 aliphatic heterocycles. The fourth-order valence-electron chi connectivity index (χ4n) is 3.21. The first-order chi connectivity index (χ1) is 13.5. The summed E-state index contributed by atoms with van der Waals surface area (Å²) < 4.78 is 0. The van der Waals surface area contributed by atoms with Crippen molar-refractivity contribution < 1.29 is 4.79 Å².